The van der Waals surface area contributed by atoms with E-state index in [0.29, 0.717) is 17.7 Å². The van der Waals surface area contributed by atoms with Crippen molar-refractivity contribution in [3.8, 4) is 0 Å². The number of hydrogen-bond donors (Lipinski definition) is 2. The van der Waals surface area contributed by atoms with E-state index in [4.69, 9.17) is 9.84 Å². The van der Waals surface area contributed by atoms with Gasteiger partial charge in [-0.15, -0.1) is 0 Å². The van der Waals surface area contributed by atoms with Gasteiger partial charge in [0.15, 0.2) is 6.10 Å². The second kappa shape index (κ2) is 8.84. The standard InChI is InChI=1S/C19H21NO4/c1-14(18(22)20-12-11-15-5-3-2-4-6-15)24-19(23)17-9-7-16(13-21)8-10-17/h2-10,14,21H,11-13H2,1H3,(H,20,22)/t14-/m0/s1. The molecular formula is C19H21NO4. The second-order valence-corrected chi connectivity index (χ2v) is 5.43. The summed E-state index contributed by atoms with van der Waals surface area (Å²) >= 11 is 0. The third-order valence-electron chi connectivity index (χ3n) is 3.58. The monoisotopic (exact) mass is 327 g/mol. The topological polar surface area (TPSA) is 75.6 Å². The molecule has 0 aromatic heterocycles. The van der Waals surface area contributed by atoms with E-state index in [1.165, 1.54) is 6.92 Å². The maximum atomic E-state index is 12.0. The first-order valence-electron chi connectivity index (χ1n) is 7.82. The number of carbonyl (C=O) groups is 2. The zero-order chi connectivity index (χ0) is 17.4. The molecule has 0 aliphatic rings. The van der Waals surface area contributed by atoms with E-state index in [1.807, 2.05) is 30.3 Å². The highest BCUT2D eigenvalue weighted by molar-refractivity contribution is 5.92. The molecule has 2 aromatic carbocycles. The number of ether oxygens (including phenoxy) is 1. The Morgan fingerprint density at radius 1 is 1.04 bits per heavy atom. The molecular weight excluding hydrogens is 306 g/mol. The van der Waals surface area contributed by atoms with E-state index < -0.39 is 12.1 Å². The van der Waals surface area contributed by atoms with Gasteiger partial charge in [-0.2, -0.15) is 0 Å². The van der Waals surface area contributed by atoms with Gasteiger partial charge in [0, 0.05) is 6.54 Å². The van der Waals surface area contributed by atoms with Gasteiger partial charge in [0.2, 0.25) is 0 Å². The minimum absolute atomic E-state index is 0.0877. The maximum Gasteiger partial charge on any atom is 0.338 e. The zero-order valence-electron chi connectivity index (χ0n) is 13.6. The molecule has 2 N–H and O–H groups in total. The van der Waals surface area contributed by atoms with Gasteiger partial charge < -0.3 is 15.2 Å². The summed E-state index contributed by atoms with van der Waals surface area (Å²) in [5.74, 6) is -0.892. The summed E-state index contributed by atoms with van der Waals surface area (Å²) in [6.07, 6.45) is -0.152. The Hall–Kier alpha value is -2.66. The fraction of sp³-hybridized carbons (Fsp3) is 0.263. The normalized spacial score (nSPS) is 11.6. The van der Waals surface area contributed by atoms with E-state index in [9.17, 15) is 9.59 Å². The summed E-state index contributed by atoms with van der Waals surface area (Å²) in [4.78, 5) is 24.0. The Kier molecular flexibility index (Phi) is 6.51. The number of hydrogen-bond acceptors (Lipinski definition) is 4. The van der Waals surface area contributed by atoms with Crippen molar-refractivity contribution in [1.82, 2.24) is 5.32 Å². The Morgan fingerprint density at radius 3 is 2.33 bits per heavy atom. The number of esters is 1. The summed E-state index contributed by atoms with van der Waals surface area (Å²) in [7, 11) is 0. The van der Waals surface area contributed by atoms with Crippen molar-refractivity contribution < 1.29 is 19.4 Å². The Balaban J connectivity index is 1.78. The lowest BCUT2D eigenvalue weighted by atomic mass is 10.1. The first-order chi connectivity index (χ1) is 11.6. The summed E-state index contributed by atoms with van der Waals surface area (Å²) in [6.45, 7) is 1.93. The van der Waals surface area contributed by atoms with Crippen LogP contribution in [0.4, 0.5) is 0 Å². The van der Waals surface area contributed by atoms with Gasteiger partial charge in [0.25, 0.3) is 5.91 Å². The molecule has 5 heteroatoms. The van der Waals surface area contributed by atoms with E-state index in [1.54, 1.807) is 24.3 Å². The van der Waals surface area contributed by atoms with Gasteiger partial charge in [0.05, 0.1) is 12.2 Å². The van der Waals surface area contributed by atoms with Crippen LogP contribution in [0.5, 0.6) is 0 Å². The quantitative estimate of drug-likeness (QED) is 0.764. The van der Waals surface area contributed by atoms with Crippen molar-refractivity contribution >= 4 is 11.9 Å². The first kappa shape index (κ1) is 17.7. The second-order valence-electron chi connectivity index (χ2n) is 5.43. The average Bonchev–Trinajstić information content (AvgIpc) is 2.62. The van der Waals surface area contributed by atoms with Crippen LogP contribution in [0.15, 0.2) is 54.6 Å². The van der Waals surface area contributed by atoms with Gasteiger partial charge in [-0.1, -0.05) is 42.5 Å². The molecule has 1 atom stereocenters. The molecule has 126 valence electrons. The summed E-state index contributed by atoms with van der Waals surface area (Å²) in [6, 6.07) is 16.2. The van der Waals surface area contributed by atoms with Crippen molar-refractivity contribution in [3.05, 3.63) is 71.3 Å². The summed E-state index contributed by atoms with van der Waals surface area (Å²) in [5, 5.41) is 11.7. The van der Waals surface area contributed by atoms with Crippen molar-refractivity contribution in [2.45, 2.75) is 26.1 Å². The fourth-order valence-electron chi connectivity index (χ4n) is 2.15. The van der Waals surface area contributed by atoms with Gasteiger partial charge in [-0.05, 0) is 36.6 Å². The number of aliphatic hydroxyl groups excluding tert-OH is 1. The zero-order valence-corrected chi connectivity index (χ0v) is 13.6. The Labute approximate surface area is 141 Å². The molecule has 0 aliphatic carbocycles. The molecule has 2 aromatic rings. The van der Waals surface area contributed by atoms with Gasteiger partial charge >= 0.3 is 5.97 Å². The number of rotatable bonds is 7. The molecule has 0 heterocycles. The molecule has 0 bridgehead atoms. The Bertz CT molecular complexity index is 668. The molecule has 0 aliphatic heterocycles. The van der Waals surface area contributed by atoms with Crippen LogP contribution < -0.4 is 5.32 Å². The summed E-state index contributed by atoms with van der Waals surface area (Å²) in [5.41, 5.74) is 2.18. The largest absolute Gasteiger partial charge is 0.449 e. The van der Waals surface area contributed by atoms with Crippen LogP contribution in [-0.4, -0.2) is 29.6 Å². The van der Waals surface area contributed by atoms with Crippen LogP contribution in [0.3, 0.4) is 0 Å². The SMILES string of the molecule is C[C@H](OC(=O)c1ccc(CO)cc1)C(=O)NCCc1ccccc1. The lowest BCUT2D eigenvalue weighted by Gasteiger charge is -2.13. The predicted molar refractivity (Wildman–Crippen MR) is 90.4 cm³/mol. The smallest absolute Gasteiger partial charge is 0.338 e. The molecule has 5 nitrogen and oxygen atoms in total. The highest BCUT2D eigenvalue weighted by Crippen LogP contribution is 2.07. The van der Waals surface area contributed by atoms with Crippen molar-refractivity contribution in [3.63, 3.8) is 0 Å². The van der Waals surface area contributed by atoms with Crippen LogP contribution in [0.2, 0.25) is 0 Å². The molecule has 0 radical (unpaired) electrons. The van der Waals surface area contributed by atoms with E-state index >= 15 is 0 Å². The lowest BCUT2D eigenvalue weighted by molar-refractivity contribution is -0.129. The molecule has 0 spiro atoms. The highest BCUT2D eigenvalue weighted by atomic mass is 16.5. The van der Waals surface area contributed by atoms with Crippen molar-refractivity contribution in [1.29, 1.82) is 0 Å². The van der Waals surface area contributed by atoms with Crippen molar-refractivity contribution in [2.75, 3.05) is 6.54 Å². The van der Waals surface area contributed by atoms with Crippen LogP contribution >= 0.6 is 0 Å². The molecule has 0 fully saturated rings. The lowest BCUT2D eigenvalue weighted by Crippen LogP contribution is -2.36. The average molecular weight is 327 g/mol. The molecule has 2 rings (SSSR count). The van der Waals surface area contributed by atoms with E-state index in [-0.39, 0.29) is 12.5 Å². The third-order valence-corrected chi connectivity index (χ3v) is 3.58. The molecule has 0 saturated heterocycles. The van der Waals surface area contributed by atoms with Crippen LogP contribution in [0.1, 0.15) is 28.4 Å². The van der Waals surface area contributed by atoms with Gasteiger partial charge in [-0.3, -0.25) is 4.79 Å². The minimum Gasteiger partial charge on any atom is -0.449 e. The molecule has 1 amide bonds. The van der Waals surface area contributed by atoms with E-state index in [2.05, 4.69) is 5.32 Å². The van der Waals surface area contributed by atoms with Gasteiger partial charge in [0.1, 0.15) is 0 Å². The first-order valence-corrected chi connectivity index (χ1v) is 7.82. The number of aliphatic hydroxyl groups is 1. The van der Waals surface area contributed by atoms with E-state index in [0.717, 1.165) is 12.0 Å². The summed E-state index contributed by atoms with van der Waals surface area (Å²) < 4.78 is 5.16. The Morgan fingerprint density at radius 2 is 1.71 bits per heavy atom. The number of amides is 1. The number of benzene rings is 2. The van der Waals surface area contributed by atoms with Crippen LogP contribution in [0.25, 0.3) is 0 Å². The molecule has 0 saturated carbocycles. The fourth-order valence-corrected chi connectivity index (χ4v) is 2.15. The number of nitrogens with one attached hydrogen (secondary N) is 1. The third kappa shape index (κ3) is 5.21. The van der Waals surface area contributed by atoms with Gasteiger partial charge in [-0.25, -0.2) is 4.79 Å². The highest BCUT2D eigenvalue weighted by Gasteiger charge is 2.18. The van der Waals surface area contributed by atoms with Crippen molar-refractivity contribution in [2.24, 2.45) is 0 Å². The number of carbonyl (C=O) groups excluding carboxylic acids is 2. The molecule has 0 unspecified atom stereocenters. The molecule has 24 heavy (non-hydrogen) atoms. The van der Waals surface area contributed by atoms with Crippen LogP contribution in [0, 0.1) is 0 Å². The maximum absolute atomic E-state index is 12.0. The van der Waals surface area contributed by atoms with Crippen LogP contribution in [-0.2, 0) is 22.6 Å². The predicted octanol–water partition coefficient (Wildman–Crippen LogP) is 2.08. The minimum atomic E-state index is -0.870.